The lowest BCUT2D eigenvalue weighted by molar-refractivity contribution is -0.168. The van der Waals surface area contributed by atoms with Gasteiger partial charge in [0.25, 0.3) is 0 Å². The molecule has 0 heterocycles. The third-order valence-corrected chi connectivity index (χ3v) is 6.42. The van der Waals surface area contributed by atoms with Crippen LogP contribution in [0.1, 0.15) is 60.3 Å². The van der Waals surface area contributed by atoms with Gasteiger partial charge in [-0.2, -0.15) is 0 Å². The van der Waals surface area contributed by atoms with E-state index in [4.69, 9.17) is 4.74 Å². The van der Waals surface area contributed by atoms with Gasteiger partial charge < -0.3 is 9.84 Å². The Hall–Kier alpha value is -0.570. The van der Waals surface area contributed by atoms with Crippen molar-refractivity contribution in [3.63, 3.8) is 0 Å². The first kappa shape index (κ1) is 15.8. The number of carbonyl (C=O) groups excluding carboxylic acids is 1. The van der Waals surface area contributed by atoms with E-state index in [1.807, 2.05) is 0 Å². The number of hydrogen-bond donors (Lipinski definition) is 1. The molecule has 0 aromatic heterocycles. The summed E-state index contributed by atoms with van der Waals surface area (Å²) in [6, 6.07) is 0. The van der Waals surface area contributed by atoms with Gasteiger partial charge in [0.2, 0.25) is 0 Å². The van der Waals surface area contributed by atoms with Crippen molar-refractivity contribution in [1.29, 1.82) is 0 Å². The zero-order valence-corrected chi connectivity index (χ0v) is 13.6. The molecule has 0 aromatic rings. The molecular formula is C17H30O3. The number of ether oxygens (including phenoxy) is 1. The van der Waals surface area contributed by atoms with Crippen LogP contribution in [0.2, 0.25) is 0 Å². The third-order valence-electron chi connectivity index (χ3n) is 6.42. The van der Waals surface area contributed by atoms with Gasteiger partial charge in [-0.3, -0.25) is 4.79 Å². The van der Waals surface area contributed by atoms with Gasteiger partial charge in [0.05, 0.1) is 12.7 Å². The van der Waals surface area contributed by atoms with Gasteiger partial charge in [0.15, 0.2) is 0 Å². The molecule has 2 fully saturated rings. The van der Waals surface area contributed by atoms with Gasteiger partial charge in [0, 0.05) is 12.8 Å². The highest BCUT2D eigenvalue weighted by Gasteiger charge is 2.56. The molecule has 20 heavy (non-hydrogen) atoms. The molecule has 0 aromatic carbocycles. The lowest BCUT2D eigenvalue weighted by atomic mass is 9.46. The molecule has 3 nitrogen and oxygen atoms in total. The second-order valence-electron chi connectivity index (χ2n) is 7.90. The molecule has 0 aliphatic heterocycles. The average Bonchev–Trinajstić information content (AvgIpc) is 2.33. The topological polar surface area (TPSA) is 46.5 Å². The summed E-state index contributed by atoms with van der Waals surface area (Å²) in [5.41, 5.74) is 0.136. The van der Waals surface area contributed by atoms with E-state index in [2.05, 4.69) is 27.7 Å². The zero-order chi connectivity index (χ0) is 15.1. The van der Waals surface area contributed by atoms with Crippen LogP contribution in [0, 0.1) is 28.6 Å². The van der Waals surface area contributed by atoms with E-state index in [0.29, 0.717) is 24.4 Å². The molecule has 0 radical (unpaired) electrons. The Morgan fingerprint density at radius 3 is 2.50 bits per heavy atom. The van der Waals surface area contributed by atoms with Crippen LogP contribution < -0.4 is 0 Å². The predicted molar refractivity (Wildman–Crippen MR) is 79.1 cm³/mol. The van der Waals surface area contributed by atoms with Crippen LogP contribution in [0.3, 0.4) is 0 Å². The van der Waals surface area contributed by atoms with Crippen LogP contribution in [0.5, 0.6) is 0 Å². The van der Waals surface area contributed by atoms with Crippen molar-refractivity contribution in [2.75, 3.05) is 6.61 Å². The highest BCUT2D eigenvalue weighted by atomic mass is 16.5. The second kappa shape index (κ2) is 5.32. The number of aliphatic hydroxyl groups is 1. The Balaban J connectivity index is 2.25. The van der Waals surface area contributed by atoms with Gasteiger partial charge >= 0.3 is 5.97 Å². The Morgan fingerprint density at radius 2 is 1.90 bits per heavy atom. The van der Waals surface area contributed by atoms with E-state index in [1.165, 1.54) is 19.8 Å². The Morgan fingerprint density at radius 1 is 1.25 bits per heavy atom. The summed E-state index contributed by atoms with van der Waals surface area (Å²) in [4.78, 5) is 11.2. The van der Waals surface area contributed by atoms with Crippen LogP contribution in [-0.2, 0) is 9.53 Å². The molecule has 0 amide bonds. The van der Waals surface area contributed by atoms with Crippen molar-refractivity contribution in [2.24, 2.45) is 28.6 Å². The lowest BCUT2D eigenvalue weighted by Gasteiger charge is -2.60. The molecule has 2 saturated carbocycles. The second-order valence-corrected chi connectivity index (χ2v) is 7.90. The Kier molecular flexibility index (Phi) is 4.21. The van der Waals surface area contributed by atoms with E-state index in [-0.39, 0.29) is 22.9 Å². The third kappa shape index (κ3) is 2.49. The van der Waals surface area contributed by atoms with Crippen molar-refractivity contribution < 1.29 is 14.6 Å². The average molecular weight is 282 g/mol. The summed E-state index contributed by atoms with van der Waals surface area (Å²) in [7, 11) is 0. The number of esters is 1. The summed E-state index contributed by atoms with van der Waals surface area (Å²) in [5, 5.41) is 10.4. The molecule has 1 N–H and O–H groups in total. The summed E-state index contributed by atoms with van der Waals surface area (Å²) in [6.07, 6.45) is 4.05. The fourth-order valence-electron chi connectivity index (χ4n) is 5.06. The quantitative estimate of drug-likeness (QED) is 0.790. The molecule has 0 saturated heterocycles. The highest BCUT2D eigenvalue weighted by molar-refractivity contribution is 5.65. The molecule has 116 valence electrons. The number of carbonyl (C=O) groups is 1. The molecular weight excluding hydrogens is 252 g/mol. The minimum absolute atomic E-state index is 0.0401. The van der Waals surface area contributed by atoms with Crippen LogP contribution in [0.25, 0.3) is 0 Å². The standard InChI is InChI=1S/C17H30O3/c1-11-6-7-14-16(3,4)15(19)8-9-17(14,5)13(11)10-20-12(2)18/h11,13-15,19H,6-10H2,1-5H3/t11-,13-,14?,15-,17+/m1/s1. The number of hydrogen-bond acceptors (Lipinski definition) is 3. The Bertz CT molecular complexity index is 376. The molecule has 5 atom stereocenters. The molecule has 0 bridgehead atoms. The van der Waals surface area contributed by atoms with Crippen LogP contribution >= 0.6 is 0 Å². The van der Waals surface area contributed by atoms with Crippen molar-refractivity contribution in [3.05, 3.63) is 0 Å². The SMILES string of the molecule is CC(=O)OC[C@@H]1[C@H](C)CCC2C(C)(C)[C@H](O)CC[C@]21C. The van der Waals surface area contributed by atoms with Gasteiger partial charge in [0.1, 0.15) is 0 Å². The first-order chi connectivity index (χ1) is 9.19. The molecule has 2 aliphatic rings. The summed E-state index contributed by atoms with van der Waals surface area (Å²) in [6.45, 7) is 11.1. The minimum atomic E-state index is -0.205. The maximum absolute atomic E-state index is 11.2. The Labute approximate surface area is 123 Å². The number of fused-ring (bicyclic) bond motifs is 1. The van der Waals surface area contributed by atoms with Crippen molar-refractivity contribution in [1.82, 2.24) is 0 Å². The van der Waals surface area contributed by atoms with E-state index >= 15 is 0 Å². The van der Waals surface area contributed by atoms with E-state index in [9.17, 15) is 9.90 Å². The lowest BCUT2D eigenvalue weighted by Crippen LogP contribution is -2.56. The predicted octanol–water partition coefficient (Wildman–Crippen LogP) is 3.40. The molecule has 3 heteroatoms. The van der Waals surface area contributed by atoms with E-state index in [0.717, 1.165) is 12.8 Å². The fourth-order valence-corrected chi connectivity index (χ4v) is 5.06. The molecule has 2 rings (SSSR count). The van der Waals surface area contributed by atoms with Crippen LogP contribution in [-0.4, -0.2) is 23.8 Å². The minimum Gasteiger partial charge on any atom is -0.466 e. The van der Waals surface area contributed by atoms with Crippen LogP contribution in [0.4, 0.5) is 0 Å². The first-order valence-corrected chi connectivity index (χ1v) is 8.01. The smallest absolute Gasteiger partial charge is 0.302 e. The zero-order valence-electron chi connectivity index (χ0n) is 13.6. The van der Waals surface area contributed by atoms with Crippen molar-refractivity contribution in [3.8, 4) is 0 Å². The summed E-state index contributed by atoms with van der Waals surface area (Å²) >= 11 is 0. The molecule has 2 aliphatic carbocycles. The molecule has 0 spiro atoms. The van der Waals surface area contributed by atoms with Gasteiger partial charge in [-0.15, -0.1) is 0 Å². The van der Waals surface area contributed by atoms with E-state index in [1.54, 1.807) is 0 Å². The maximum atomic E-state index is 11.2. The van der Waals surface area contributed by atoms with Gasteiger partial charge in [-0.25, -0.2) is 0 Å². The first-order valence-electron chi connectivity index (χ1n) is 8.01. The maximum Gasteiger partial charge on any atom is 0.302 e. The van der Waals surface area contributed by atoms with Crippen molar-refractivity contribution >= 4 is 5.97 Å². The number of rotatable bonds is 2. The highest BCUT2D eigenvalue weighted by Crippen LogP contribution is 2.61. The monoisotopic (exact) mass is 282 g/mol. The van der Waals surface area contributed by atoms with Gasteiger partial charge in [-0.05, 0) is 48.3 Å². The van der Waals surface area contributed by atoms with Gasteiger partial charge in [-0.1, -0.05) is 27.7 Å². The summed E-state index contributed by atoms with van der Waals surface area (Å²) < 4.78 is 5.36. The van der Waals surface area contributed by atoms with E-state index < -0.39 is 0 Å². The summed E-state index contributed by atoms with van der Waals surface area (Å²) in [5.74, 6) is 1.33. The fraction of sp³-hybridized carbons (Fsp3) is 0.941. The normalized spacial score (nSPS) is 43.7. The van der Waals surface area contributed by atoms with Crippen LogP contribution in [0.15, 0.2) is 0 Å². The van der Waals surface area contributed by atoms with Crippen molar-refractivity contribution in [2.45, 2.75) is 66.4 Å². The number of aliphatic hydroxyl groups excluding tert-OH is 1. The molecule has 1 unspecified atom stereocenters. The largest absolute Gasteiger partial charge is 0.466 e.